The van der Waals surface area contributed by atoms with Crippen LogP contribution in [0.4, 0.5) is 5.82 Å². The van der Waals surface area contributed by atoms with Crippen LogP contribution in [-0.4, -0.2) is 35.5 Å². The Kier molecular flexibility index (Phi) is 3.19. The van der Waals surface area contributed by atoms with Gasteiger partial charge in [0.1, 0.15) is 11.9 Å². The SMILES string of the molecule is CCNC(=O)C1CN(c2cnc(C#N)cn2)C1. The molecule has 1 aromatic rings. The molecule has 0 saturated carbocycles. The molecule has 0 unspecified atom stereocenters. The van der Waals surface area contributed by atoms with E-state index in [4.69, 9.17) is 5.26 Å². The number of hydrogen-bond acceptors (Lipinski definition) is 5. The second-order valence-electron chi connectivity index (χ2n) is 3.87. The van der Waals surface area contributed by atoms with E-state index in [1.165, 1.54) is 6.20 Å². The molecule has 6 heteroatoms. The van der Waals surface area contributed by atoms with Crippen LogP contribution in [0.3, 0.4) is 0 Å². The van der Waals surface area contributed by atoms with Gasteiger partial charge >= 0.3 is 0 Å². The zero-order valence-electron chi connectivity index (χ0n) is 9.55. The predicted octanol–water partition coefficient (Wildman–Crippen LogP) is -0.0794. The summed E-state index contributed by atoms with van der Waals surface area (Å²) >= 11 is 0. The van der Waals surface area contributed by atoms with Crippen molar-refractivity contribution in [1.82, 2.24) is 15.3 Å². The molecule has 1 aromatic heterocycles. The minimum atomic E-state index is 0.0346. The van der Waals surface area contributed by atoms with Crippen LogP contribution in [0.15, 0.2) is 12.4 Å². The van der Waals surface area contributed by atoms with E-state index < -0.39 is 0 Å². The highest BCUT2D eigenvalue weighted by Gasteiger charge is 2.33. The van der Waals surface area contributed by atoms with Gasteiger partial charge in [0.25, 0.3) is 0 Å². The Morgan fingerprint density at radius 2 is 2.35 bits per heavy atom. The summed E-state index contributed by atoms with van der Waals surface area (Å²) in [7, 11) is 0. The van der Waals surface area contributed by atoms with Crippen LogP contribution >= 0.6 is 0 Å². The molecule has 0 spiro atoms. The number of hydrogen-bond donors (Lipinski definition) is 1. The zero-order chi connectivity index (χ0) is 12.3. The van der Waals surface area contributed by atoms with Crippen molar-refractivity contribution in [3.8, 4) is 6.07 Å². The molecule has 1 aliphatic rings. The summed E-state index contributed by atoms with van der Waals surface area (Å²) < 4.78 is 0. The van der Waals surface area contributed by atoms with Gasteiger partial charge in [-0.25, -0.2) is 9.97 Å². The van der Waals surface area contributed by atoms with Crippen LogP contribution in [0.25, 0.3) is 0 Å². The molecule has 1 fully saturated rings. The molecule has 0 bridgehead atoms. The molecular weight excluding hydrogens is 218 g/mol. The highest BCUT2D eigenvalue weighted by atomic mass is 16.2. The second-order valence-corrected chi connectivity index (χ2v) is 3.87. The number of nitrogens with one attached hydrogen (secondary N) is 1. The van der Waals surface area contributed by atoms with Gasteiger partial charge in [-0.05, 0) is 6.92 Å². The van der Waals surface area contributed by atoms with Gasteiger partial charge in [-0.15, -0.1) is 0 Å². The number of amides is 1. The summed E-state index contributed by atoms with van der Waals surface area (Å²) in [5.74, 6) is 0.835. The summed E-state index contributed by atoms with van der Waals surface area (Å²) in [6.45, 7) is 3.88. The molecule has 0 radical (unpaired) electrons. The maximum absolute atomic E-state index is 11.5. The Morgan fingerprint density at radius 3 is 2.88 bits per heavy atom. The molecule has 6 nitrogen and oxygen atoms in total. The van der Waals surface area contributed by atoms with Crippen LogP contribution in [0.2, 0.25) is 0 Å². The zero-order valence-corrected chi connectivity index (χ0v) is 9.55. The molecule has 1 saturated heterocycles. The van der Waals surface area contributed by atoms with Gasteiger partial charge in [0.05, 0.1) is 18.3 Å². The first-order valence-corrected chi connectivity index (χ1v) is 5.49. The van der Waals surface area contributed by atoms with E-state index >= 15 is 0 Å². The van der Waals surface area contributed by atoms with E-state index in [1.807, 2.05) is 17.9 Å². The number of aromatic nitrogens is 2. The second kappa shape index (κ2) is 4.78. The lowest BCUT2D eigenvalue weighted by molar-refractivity contribution is -0.125. The van der Waals surface area contributed by atoms with Crippen molar-refractivity contribution >= 4 is 11.7 Å². The van der Waals surface area contributed by atoms with E-state index in [0.717, 1.165) is 0 Å². The molecule has 0 aliphatic carbocycles. The van der Waals surface area contributed by atoms with Gasteiger partial charge in [0.15, 0.2) is 5.69 Å². The average Bonchev–Trinajstić information content (AvgIpc) is 2.28. The maximum atomic E-state index is 11.5. The molecule has 17 heavy (non-hydrogen) atoms. The largest absolute Gasteiger partial charge is 0.356 e. The number of nitrogens with zero attached hydrogens (tertiary/aromatic N) is 4. The molecule has 88 valence electrons. The number of carbonyl (C=O) groups is 1. The standard InChI is InChI=1S/C11H13N5O/c1-2-13-11(17)8-6-16(7-8)10-5-14-9(3-12)4-15-10/h4-5,8H,2,6-7H2,1H3,(H,13,17). The van der Waals surface area contributed by atoms with E-state index in [2.05, 4.69) is 15.3 Å². The third-order valence-electron chi connectivity index (χ3n) is 2.68. The Bertz CT molecular complexity index is 444. The van der Waals surface area contributed by atoms with Crippen molar-refractivity contribution in [2.24, 2.45) is 5.92 Å². The highest BCUT2D eigenvalue weighted by molar-refractivity contribution is 5.81. The van der Waals surface area contributed by atoms with Gasteiger partial charge < -0.3 is 10.2 Å². The quantitative estimate of drug-likeness (QED) is 0.786. The lowest BCUT2D eigenvalue weighted by Gasteiger charge is -2.38. The molecule has 2 heterocycles. The van der Waals surface area contributed by atoms with Crippen molar-refractivity contribution in [2.75, 3.05) is 24.5 Å². The third kappa shape index (κ3) is 2.33. The first-order chi connectivity index (χ1) is 8.24. The molecule has 0 atom stereocenters. The van der Waals surface area contributed by atoms with Gasteiger partial charge in [0, 0.05) is 19.6 Å². The topological polar surface area (TPSA) is 81.9 Å². The molecule has 1 N–H and O–H groups in total. The van der Waals surface area contributed by atoms with Gasteiger partial charge in [-0.2, -0.15) is 5.26 Å². The van der Waals surface area contributed by atoms with Crippen LogP contribution in [0.1, 0.15) is 12.6 Å². The van der Waals surface area contributed by atoms with Crippen LogP contribution < -0.4 is 10.2 Å². The van der Waals surface area contributed by atoms with Crippen LogP contribution in [0, 0.1) is 17.2 Å². The lowest BCUT2D eigenvalue weighted by Crippen LogP contribution is -2.54. The van der Waals surface area contributed by atoms with Crippen molar-refractivity contribution < 1.29 is 4.79 Å². The smallest absolute Gasteiger partial charge is 0.226 e. The molecular formula is C11H13N5O. The maximum Gasteiger partial charge on any atom is 0.226 e. The van der Waals surface area contributed by atoms with Crippen molar-refractivity contribution in [1.29, 1.82) is 5.26 Å². The van der Waals surface area contributed by atoms with E-state index in [9.17, 15) is 4.79 Å². The number of carbonyl (C=O) groups excluding carboxylic acids is 1. The van der Waals surface area contributed by atoms with Crippen molar-refractivity contribution in [3.05, 3.63) is 18.1 Å². The Morgan fingerprint density at radius 1 is 1.59 bits per heavy atom. The van der Waals surface area contributed by atoms with Crippen molar-refractivity contribution in [3.63, 3.8) is 0 Å². The summed E-state index contributed by atoms with van der Waals surface area (Å²) in [6.07, 6.45) is 3.00. The Labute approximate surface area is 99.3 Å². The van der Waals surface area contributed by atoms with Gasteiger partial charge in [0.2, 0.25) is 5.91 Å². The third-order valence-corrected chi connectivity index (χ3v) is 2.68. The van der Waals surface area contributed by atoms with Crippen molar-refractivity contribution in [2.45, 2.75) is 6.92 Å². The number of rotatable bonds is 3. The molecule has 0 aromatic carbocycles. The normalized spacial score (nSPS) is 14.9. The minimum Gasteiger partial charge on any atom is -0.356 e. The molecule has 1 amide bonds. The summed E-state index contributed by atoms with van der Waals surface area (Å²) in [6, 6.07) is 1.92. The fourth-order valence-electron chi connectivity index (χ4n) is 1.69. The molecule has 2 rings (SSSR count). The predicted molar refractivity (Wildman–Crippen MR) is 61.1 cm³/mol. The first-order valence-electron chi connectivity index (χ1n) is 5.49. The number of anilines is 1. The minimum absolute atomic E-state index is 0.0346. The lowest BCUT2D eigenvalue weighted by atomic mass is 9.99. The average molecular weight is 231 g/mol. The summed E-state index contributed by atoms with van der Waals surface area (Å²) in [4.78, 5) is 21.5. The number of nitriles is 1. The fraction of sp³-hybridized carbons (Fsp3) is 0.455. The Balaban J connectivity index is 1.91. The Hall–Kier alpha value is -2.16. The monoisotopic (exact) mass is 231 g/mol. The van der Waals surface area contributed by atoms with Gasteiger partial charge in [-0.3, -0.25) is 4.79 Å². The van der Waals surface area contributed by atoms with Gasteiger partial charge in [-0.1, -0.05) is 0 Å². The highest BCUT2D eigenvalue weighted by Crippen LogP contribution is 2.21. The summed E-state index contributed by atoms with van der Waals surface area (Å²) in [5, 5.41) is 11.4. The van der Waals surface area contributed by atoms with E-state index in [0.29, 0.717) is 31.1 Å². The van der Waals surface area contributed by atoms with E-state index in [1.54, 1.807) is 6.20 Å². The molecule has 1 aliphatic heterocycles. The van der Waals surface area contributed by atoms with Crippen LogP contribution in [-0.2, 0) is 4.79 Å². The fourth-order valence-corrected chi connectivity index (χ4v) is 1.69. The summed E-state index contributed by atoms with van der Waals surface area (Å²) in [5.41, 5.74) is 0.301. The van der Waals surface area contributed by atoms with Crippen LogP contribution in [0.5, 0.6) is 0 Å². The first kappa shape index (κ1) is 11.3. The van der Waals surface area contributed by atoms with E-state index in [-0.39, 0.29) is 11.8 Å².